The Labute approximate surface area is 178 Å². The van der Waals surface area contributed by atoms with Gasteiger partial charge >= 0.3 is 0 Å². The highest BCUT2D eigenvalue weighted by molar-refractivity contribution is 7.71. The first-order valence-corrected chi connectivity index (χ1v) is 10.6. The summed E-state index contributed by atoms with van der Waals surface area (Å²) in [5.41, 5.74) is 3.61. The zero-order chi connectivity index (χ0) is 20.8. The molecule has 0 spiro atoms. The number of benzene rings is 2. The Bertz CT molecular complexity index is 1360. The average Bonchev–Trinajstić information content (AvgIpc) is 3.07. The lowest BCUT2D eigenvalue weighted by molar-refractivity contribution is -0.930. The van der Waals surface area contributed by atoms with Crippen molar-refractivity contribution in [2.45, 2.75) is 20.5 Å². The lowest BCUT2D eigenvalue weighted by Crippen LogP contribution is -3.13. The van der Waals surface area contributed by atoms with Crippen LogP contribution in [0.1, 0.15) is 11.1 Å². The second-order valence-electron chi connectivity index (χ2n) is 7.84. The molecule has 1 aliphatic rings. The largest absolute Gasteiger partial charge is 0.370 e. The summed E-state index contributed by atoms with van der Waals surface area (Å²) in [6.45, 7) is 8.01. The Morgan fingerprint density at radius 2 is 1.77 bits per heavy atom. The topological polar surface area (TPSA) is 57.9 Å². The number of morpholine rings is 1. The maximum absolute atomic E-state index is 13.6. The van der Waals surface area contributed by atoms with Gasteiger partial charge in [-0.2, -0.15) is 4.68 Å². The molecule has 7 nitrogen and oxygen atoms in total. The van der Waals surface area contributed by atoms with Gasteiger partial charge in [0, 0.05) is 0 Å². The Kier molecular flexibility index (Phi) is 4.77. The SMILES string of the molecule is Cc1cccc(C)c1-n1c(=O)c2ccccc2n2c(=S)n(C[NH+]3CCOCC3)nc12. The summed E-state index contributed by atoms with van der Waals surface area (Å²) in [4.78, 5) is 15.0. The first kappa shape index (κ1) is 19.2. The van der Waals surface area contributed by atoms with Gasteiger partial charge in [0.2, 0.25) is 10.5 Å². The minimum Gasteiger partial charge on any atom is -0.370 e. The molecular weight excluding hydrogens is 398 g/mol. The van der Waals surface area contributed by atoms with Crippen molar-refractivity contribution in [3.05, 3.63) is 68.7 Å². The molecule has 0 bridgehead atoms. The van der Waals surface area contributed by atoms with E-state index in [9.17, 15) is 4.79 Å². The minimum atomic E-state index is -0.0821. The first-order valence-electron chi connectivity index (χ1n) is 10.2. The van der Waals surface area contributed by atoms with Crippen LogP contribution >= 0.6 is 12.2 Å². The van der Waals surface area contributed by atoms with Crippen molar-refractivity contribution in [1.29, 1.82) is 0 Å². The monoisotopic (exact) mass is 422 g/mol. The fourth-order valence-corrected chi connectivity index (χ4v) is 4.59. The van der Waals surface area contributed by atoms with Crippen LogP contribution in [-0.2, 0) is 11.4 Å². The number of quaternary nitrogens is 1. The molecule has 1 N–H and O–H groups in total. The van der Waals surface area contributed by atoms with Gasteiger partial charge < -0.3 is 9.64 Å². The van der Waals surface area contributed by atoms with Crippen LogP contribution in [-0.4, -0.2) is 45.1 Å². The van der Waals surface area contributed by atoms with E-state index < -0.39 is 0 Å². The van der Waals surface area contributed by atoms with Crippen molar-refractivity contribution in [2.75, 3.05) is 26.3 Å². The van der Waals surface area contributed by atoms with Crippen LogP contribution in [0.3, 0.4) is 0 Å². The second kappa shape index (κ2) is 7.46. The van der Waals surface area contributed by atoms with Gasteiger partial charge in [0.1, 0.15) is 13.1 Å². The number of hydrogen-bond acceptors (Lipinski definition) is 4. The van der Waals surface area contributed by atoms with Crippen LogP contribution < -0.4 is 10.5 Å². The predicted molar refractivity (Wildman–Crippen MR) is 118 cm³/mol. The van der Waals surface area contributed by atoms with Crippen molar-refractivity contribution in [3.63, 3.8) is 0 Å². The second-order valence-corrected chi connectivity index (χ2v) is 8.20. The molecule has 154 valence electrons. The summed E-state index contributed by atoms with van der Waals surface area (Å²) in [5.74, 6) is 0.550. The molecule has 2 aromatic heterocycles. The third-order valence-corrected chi connectivity index (χ3v) is 6.23. The van der Waals surface area contributed by atoms with Crippen molar-refractivity contribution in [3.8, 4) is 5.69 Å². The van der Waals surface area contributed by atoms with E-state index in [4.69, 9.17) is 22.1 Å². The van der Waals surface area contributed by atoms with Crippen LogP contribution in [0.2, 0.25) is 0 Å². The van der Waals surface area contributed by atoms with Gasteiger partial charge in [-0.3, -0.25) is 9.20 Å². The summed E-state index contributed by atoms with van der Waals surface area (Å²) in [5, 5.41) is 5.48. The Hall–Kier alpha value is -2.81. The molecule has 30 heavy (non-hydrogen) atoms. The average molecular weight is 423 g/mol. The summed E-state index contributed by atoms with van der Waals surface area (Å²) >= 11 is 5.84. The molecule has 1 saturated heterocycles. The third-order valence-electron chi connectivity index (χ3n) is 5.84. The van der Waals surface area contributed by atoms with Crippen molar-refractivity contribution in [1.82, 2.24) is 18.7 Å². The van der Waals surface area contributed by atoms with Crippen LogP contribution in [0, 0.1) is 18.6 Å². The molecule has 8 heteroatoms. The number of fused-ring (bicyclic) bond motifs is 3. The van der Waals surface area contributed by atoms with Crippen molar-refractivity contribution < 1.29 is 9.64 Å². The maximum atomic E-state index is 13.6. The number of aryl methyl sites for hydroxylation is 2. The lowest BCUT2D eigenvalue weighted by atomic mass is 10.1. The van der Waals surface area contributed by atoms with Crippen LogP contribution in [0.15, 0.2) is 47.3 Å². The van der Waals surface area contributed by atoms with Gasteiger partial charge in [-0.05, 0) is 49.3 Å². The van der Waals surface area contributed by atoms with E-state index in [0.717, 1.165) is 48.6 Å². The van der Waals surface area contributed by atoms with Crippen molar-refractivity contribution in [2.24, 2.45) is 0 Å². The standard InChI is InChI=1S/C22H23N5O2S/c1-15-6-5-7-16(2)19(15)27-20(28)17-8-3-4-9-18(17)26-21(27)23-25(22(26)30)14-24-10-12-29-13-11-24/h3-9H,10-14H2,1-2H3/p+1. The minimum absolute atomic E-state index is 0.0821. The molecular formula is C22H24N5O2S+. The summed E-state index contributed by atoms with van der Waals surface area (Å²) < 4.78 is 11.6. The number of para-hydroxylation sites is 2. The fraction of sp³-hybridized carbons (Fsp3) is 0.318. The molecule has 4 aromatic rings. The maximum Gasteiger partial charge on any atom is 0.267 e. The Morgan fingerprint density at radius 1 is 1.07 bits per heavy atom. The predicted octanol–water partition coefficient (Wildman–Crippen LogP) is 1.66. The molecule has 2 aromatic carbocycles. The molecule has 0 atom stereocenters. The molecule has 1 fully saturated rings. The normalized spacial score (nSPS) is 15.3. The van der Waals surface area contributed by atoms with Gasteiger partial charge in [0.15, 0.2) is 6.67 Å². The first-order chi connectivity index (χ1) is 14.6. The number of nitrogens with one attached hydrogen (secondary N) is 1. The van der Waals surface area contributed by atoms with Gasteiger partial charge in [0.25, 0.3) is 5.56 Å². The highest BCUT2D eigenvalue weighted by atomic mass is 32.1. The fourth-order valence-electron chi connectivity index (χ4n) is 4.31. The van der Waals surface area contributed by atoms with Crippen molar-refractivity contribution >= 4 is 28.9 Å². The van der Waals surface area contributed by atoms with E-state index in [0.29, 0.717) is 22.6 Å². The number of hydrogen-bond donors (Lipinski definition) is 1. The molecule has 0 unspecified atom stereocenters. The molecule has 1 aliphatic heterocycles. The van der Waals surface area contributed by atoms with E-state index in [1.165, 1.54) is 4.90 Å². The van der Waals surface area contributed by atoms with Crippen LogP contribution in [0.25, 0.3) is 22.4 Å². The summed E-state index contributed by atoms with van der Waals surface area (Å²) in [6, 6.07) is 13.6. The highest BCUT2D eigenvalue weighted by Gasteiger charge is 2.21. The van der Waals surface area contributed by atoms with Crippen LogP contribution in [0.5, 0.6) is 0 Å². The van der Waals surface area contributed by atoms with E-state index in [2.05, 4.69) is 0 Å². The highest BCUT2D eigenvalue weighted by Crippen LogP contribution is 2.22. The number of rotatable bonds is 3. The van der Waals surface area contributed by atoms with Gasteiger partial charge in [-0.25, -0.2) is 4.57 Å². The molecule has 0 radical (unpaired) electrons. The quantitative estimate of drug-likeness (QED) is 0.510. The molecule has 0 saturated carbocycles. The summed E-state index contributed by atoms with van der Waals surface area (Å²) in [7, 11) is 0. The van der Waals surface area contributed by atoms with E-state index >= 15 is 0 Å². The number of nitrogens with zero attached hydrogens (tertiary/aromatic N) is 4. The zero-order valence-electron chi connectivity index (χ0n) is 17.1. The third kappa shape index (κ3) is 2.99. The zero-order valence-corrected chi connectivity index (χ0v) is 17.9. The summed E-state index contributed by atoms with van der Waals surface area (Å²) in [6.07, 6.45) is 0. The van der Waals surface area contributed by atoms with E-state index in [1.807, 2.05) is 65.4 Å². The van der Waals surface area contributed by atoms with E-state index in [-0.39, 0.29) is 5.56 Å². The lowest BCUT2D eigenvalue weighted by Gasteiger charge is -2.23. The van der Waals surface area contributed by atoms with E-state index in [1.54, 1.807) is 4.57 Å². The van der Waals surface area contributed by atoms with Gasteiger partial charge in [0.05, 0.1) is 29.8 Å². The molecule has 0 amide bonds. The number of aromatic nitrogens is 4. The molecule has 0 aliphatic carbocycles. The Balaban J connectivity index is 1.85. The number of ether oxygens (including phenoxy) is 1. The van der Waals surface area contributed by atoms with Gasteiger partial charge in [-0.1, -0.05) is 30.3 Å². The van der Waals surface area contributed by atoms with Gasteiger partial charge in [-0.15, -0.1) is 5.10 Å². The molecule has 5 rings (SSSR count). The van der Waals surface area contributed by atoms with Crippen LogP contribution in [0.4, 0.5) is 0 Å². The molecule has 3 heterocycles. The smallest absolute Gasteiger partial charge is 0.267 e. The Morgan fingerprint density at radius 3 is 2.50 bits per heavy atom.